The zero-order valence-corrected chi connectivity index (χ0v) is 12.7. The number of aliphatic hydroxyl groups is 1. The Labute approximate surface area is 130 Å². The number of benzene rings is 2. The average Bonchev–Trinajstić information content (AvgIpc) is 2.52. The Balaban J connectivity index is 1.89. The van der Waals surface area contributed by atoms with E-state index in [1.165, 1.54) is 5.56 Å². The van der Waals surface area contributed by atoms with Gasteiger partial charge in [0.25, 0.3) is 0 Å². The molecule has 0 aliphatic heterocycles. The van der Waals surface area contributed by atoms with Gasteiger partial charge in [0.1, 0.15) is 18.5 Å². The first kappa shape index (κ1) is 15.8. The molecule has 4 heteroatoms. The molecular weight excluding hydrogens is 288 g/mol. The van der Waals surface area contributed by atoms with Gasteiger partial charge in [-0.1, -0.05) is 41.9 Å². The maximum Gasteiger partial charge on any atom is 0.119 e. The maximum atomic E-state index is 10.1. The quantitative estimate of drug-likeness (QED) is 0.849. The summed E-state index contributed by atoms with van der Waals surface area (Å²) in [6, 6.07) is 15.0. The minimum atomic E-state index is -0.744. The third-order valence-electron chi connectivity index (χ3n) is 3.19. The van der Waals surface area contributed by atoms with E-state index in [0.29, 0.717) is 17.2 Å². The van der Waals surface area contributed by atoms with Gasteiger partial charge in [0.2, 0.25) is 0 Å². The van der Waals surface area contributed by atoms with Crippen LogP contribution in [0.1, 0.15) is 17.2 Å². The zero-order chi connectivity index (χ0) is 15.1. The Morgan fingerprint density at radius 3 is 2.48 bits per heavy atom. The van der Waals surface area contributed by atoms with Gasteiger partial charge in [-0.05, 0) is 30.2 Å². The molecule has 3 nitrogen and oxygen atoms in total. The fraction of sp³-hybridized carbons (Fsp3) is 0.294. The van der Waals surface area contributed by atoms with Gasteiger partial charge < -0.3 is 14.6 Å². The molecule has 21 heavy (non-hydrogen) atoms. The summed E-state index contributed by atoms with van der Waals surface area (Å²) in [4.78, 5) is 0. The van der Waals surface area contributed by atoms with Gasteiger partial charge in [-0.25, -0.2) is 0 Å². The fourth-order valence-corrected chi connectivity index (χ4v) is 2.24. The van der Waals surface area contributed by atoms with E-state index in [2.05, 4.69) is 0 Å². The van der Waals surface area contributed by atoms with E-state index in [1.807, 2.05) is 36.4 Å². The lowest BCUT2D eigenvalue weighted by atomic mass is 10.1. The summed E-state index contributed by atoms with van der Waals surface area (Å²) >= 11 is 6.04. The van der Waals surface area contributed by atoms with Gasteiger partial charge in [-0.2, -0.15) is 0 Å². The third-order valence-corrected chi connectivity index (χ3v) is 3.53. The first-order valence-corrected chi connectivity index (χ1v) is 7.21. The molecule has 0 saturated carbocycles. The van der Waals surface area contributed by atoms with Crippen LogP contribution in [0.2, 0.25) is 5.02 Å². The van der Waals surface area contributed by atoms with Crippen molar-refractivity contribution >= 4 is 11.6 Å². The van der Waals surface area contributed by atoms with Crippen molar-refractivity contribution in [3.05, 3.63) is 64.7 Å². The monoisotopic (exact) mass is 306 g/mol. The van der Waals surface area contributed by atoms with E-state index in [-0.39, 0.29) is 6.61 Å². The Bertz CT molecular complexity index is 554. The topological polar surface area (TPSA) is 38.7 Å². The smallest absolute Gasteiger partial charge is 0.119 e. The average molecular weight is 307 g/mol. The number of rotatable bonds is 7. The van der Waals surface area contributed by atoms with Crippen LogP contribution in [-0.2, 0) is 11.2 Å². The first-order chi connectivity index (χ1) is 10.2. The van der Waals surface area contributed by atoms with E-state index in [1.54, 1.807) is 19.2 Å². The largest absolute Gasteiger partial charge is 0.491 e. The highest BCUT2D eigenvalue weighted by Gasteiger charge is 2.11. The Kier molecular flexibility index (Phi) is 6.05. The predicted octanol–water partition coefficient (Wildman–Crippen LogP) is 3.64. The summed E-state index contributed by atoms with van der Waals surface area (Å²) in [5.41, 5.74) is 1.87. The zero-order valence-electron chi connectivity index (χ0n) is 12.0. The lowest BCUT2D eigenvalue weighted by Crippen LogP contribution is -2.10. The molecular formula is C17H19ClO3. The molecule has 1 atom stereocenters. The molecule has 0 amide bonds. The molecule has 2 aromatic carbocycles. The summed E-state index contributed by atoms with van der Waals surface area (Å²) < 4.78 is 10.6. The van der Waals surface area contributed by atoms with Crippen LogP contribution in [0.3, 0.4) is 0 Å². The van der Waals surface area contributed by atoms with Gasteiger partial charge in [0, 0.05) is 17.7 Å². The maximum absolute atomic E-state index is 10.1. The van der Waals surface area contributed by atoms with Crippen molar-refractivity contribution in [3.8, 4) is 5.75 Å². The van der Waals surface area contributed by atoms with Gasteiger partial charge in [-0.15, -0.1) is 0 Å². The van der Waals surface area contributed by atoms with Crippen molar-refractivity contribution < 1.29 is 14.6 Å². The Morgan fingerprint density at radius 1 is 1.10 bits per heavy atom. The standard InChI is InChI=1S/C17H19ClO3/c1-20-11-10-13-6-8-14(9-7-13)21-12-17(19)15-4-2-3-5-16(15)18/h2-9,17,19H,10-12H2,1H3. The van der Waals surface area contributed by atoms with E-state index in [4.69, 9.17) is 21.1 Å². The molecule has 0 aromatic heterocycles. The van der Waals surface area contributed by atoms with Crippen molar-refractivity contribution in [1.82, 2.24) is 0 Å². The number of halogens is 1. The van der Waals surface area contributed by atoms with Gasteiger partial charge >= 0.3 is 0 Å². The molecule has 112 valence electrons. The van der Waals surface area contributed by atoms with Crippen molar-refractivity contribution in [1.29, 1.82) is 0 Å². The number of aliphatic hydroxyl groups excluding tert-OH is 1. The SMILES string of the molecule is COCCc1ccc(OCC(O)c2ccccc2Cl)cc1. The number of methoxy groups -OCH3 is 1. The van der Waals surface area contributed by atoms with E-state index in [9.17, 15) is 5.11 Å². The summed E-state index contributed by atoms with van der Waals surface area (Å²) in [5, 5.41) is 10.7. The van der Waals surface area contributed by atoms with Crippen LogP contribution in [0.5, 0.6) is 5.75 Å². The van der Waals surface area contributed by atoms with E-state index in [0.717, 1.165) is 12.2 Å². The molecule has 0 fully saturated rings. The Morgan fingerprint density at radius 2 is 1.81 bits per heavy atom. The minimum Gasteiger partial charge on any atom is -0.491 e. The molecule has 2 aromatic rings. The molecule has 0 saturated heterocycles. The van der Waals surface area contributed by atoms with Crippen LogP contribution in [0.4, 0.5) is 0 Å². The second kappa shape index (κ2) is 8.03. The molecule has 0 radical (unpaired) electrons. The highest BCUT2D eigenvalue weighted by atomic mass is 35.5. The summed E-state index contributed by atoms with van der Waals surface area (Å²) in [5.74, 6) is 0.724. The second-order valence-electron chi connectivity index (χ2n) is 4.74. The second-order valence-corrected chi connectivity index (χ2v) is 5.14. The number of ether oxygens (including phenoxy) is 2. The molecule has 0 bridgehead atoms. The fourth-order valence-electron chi connectivity index (χ4n) is 1.98. The van der Waals surface area contributed by atoms with Crippen LogP contribution in [0.15, 0.2) is 48.5 Å². The summed E-state index contributed by atoms with van der Waals surface area (Å²) in [6.07, 6.45) is 0.130. The third kappa shape index (κ3) is 4.74. The molecule has 0 aliphatic carbocycles. The first-order valence-electron chi connectivity index (χ1n) is 6.84. The molecule has 0 spiro atoms. The van der Waals surface area contributed by atoms with E-state index < -0.39 is 6.10 Å². The Hall–Kier alpha value is -1.55. The van der Waals surface area contributed by atoms with Crippen LogP contribution in [0, 0.1) is 0 Å². The molecule has 2 rings (SSSR count). The summed E-state index contributed by atoms with van der Waals surface area (Å²) in [7, 11) is 1.69. The van der Waals surface area contributed by atoms with Crippen molar-refractivity contribution in [2.75, 3.05) is 20.3 Å². The van der Waals surface area contributed by atoms with Gasteiger partial charge in [0.15, 0.2) is 0 Å². The molecule has 0 aliphatic rings. The number of hydrogen-bond donors (Lipinski definition) is 1. The van der Waals surface area contributed by atoms with E-state index >= 15 is 0 Å². The van der Waals surface area contributed by atoms with Crippen molar-refractivity contribution in [3.63, 3.8) is 0 Å². The lowest BCUT2D eigenvalue weighted by Gasteiger charge is -2.14. The number of hydrogen-bond acceptors (Lipinski definition) is 3. The summed E-state index contributed by atoms with van der Waals surface area (Å²) in [6.45, 7) is 0.868. The van der Waals surface area contributed by atoms with Crippen LogP contribution in [0.25, 0.3) is 0 Å². The minimum absolute atomic E-state index is 0.168. The lowest BCUT2D eigenvalue weighted by molar-refractivity contribution is 0.108. The van der Waals surface area contributed by atoms with Crippen LogP contribution >= 0.6 is 11.6 Å². The van der Waals surface area contributed by atoms with Gasteiger partial charge in [0.05, 0.1) is 6.61 Å². The van der Waals surface area contributed by atoms with Crippen molar-refractivity contribution in [2.24, 2.45) is 0 Å². The van der Waals surface area contributed by atoms with Gasteiger partial charge in [-0.3, -0.25) is 0 Å². The predicted molar refractivity (Wildman–Crippen MR) is 83.9 cm³/mol. The normalized spacial score (nSPS) is 12.1. The highest BCUT2D eigenvalue weighted by Crippen LogP contribution is 2.23. The highest BCUT2D eigenvalue weighted by molar-refractivity contribution is 6.31. The van der Waals surface area contributed by atoms with Crippen molar-refractivity contribution in [2.45, 2.75) is 12.5 Å². The molecule has 1 N–H and O–H groups in total. The molecule has 1 unspecified atom stereocenters. The molecule has 0 heterocycles. The van der Waals surface area contributed by atoms with Crippen LogP contribution in [-0.4, -0.2) is 25.4 Å². The van der Waals surface area contributed by atoms with Crippen LogP contribution < -0.4 is 4.74 Å².